The molecular formula is C9H6Cl2N2. The molecule has 0 radical (unpaired) electrons. The first-order valence-electron chi connectivity index (χ1n) is 3.73. The summed E-state index contributed by atoms with van der Waals surface area (Å²) in [5, 5.41) is 1.05. The smallest absolute Gasteiger partial charge is 0.200 e. The fourth-order valence-corrected chi connectivity index (χ4v) is 1.50. The van der Waals surface area contributed by atoms with E-state index in [0.29, 0.717) is 10.3 Å². The summed E-state index contributed by atoms with van der Waals surface area (Å²) in [6, 6.07) is 7.53. The highest BCUT2D eigenvalue weighted by Crippen LogP contribution is 2.26. The second-order valence-corrected chi connectivity index (χ2v) is 3.33. The number of benzene rings is 1. The third-order valence-corrected chi connectivity index (χ3v) is 2.23. The highest BCUT2D eigenvalue weighted by Gasteiger charge is 2.04. The molecule has 2 rings (SSSR count). The summed E-state index contributed by atoms with van der Waals surface area (Å²) in [6.45, 7) is 0. The van der Waals surface area contributed by atoms with Crippen LogP contribution in [0.25, 0.3) is 11.3 Å². The van der Waals surface area contributed by atoms with E-state index in [1.54, 1.807) is 6.20 Å². The van der Waals surface area contributed by atoms with Crippen LogP contribution in [0.2, 0.25) is 10.3 Å². The number of hydrogen-bond donors (Lipinski definition) is 1. The molecule has 1 heterocycles. The monoisotopic (exact) mass is 212 g/mol. The first-order chi connectivity index (χ1) is 6.27. The molecule has 0 aliphatic heterocycles. The Morgan fingerprint density at radius 2 is 1.92 bits per heavy atom. The minimum Gasteiger partial charge on any atom is -0.329 e. The first kappa shape index (κ1) is 8.60. The Hall–Kier alpha value is -0.990. The Bertz CT molecular complexity index is 423. The third kappa shape index (κ3) is 1.69. The van der Waals surface area contributed by atoms with E-state index >= 15 is 0 Å². The van der Waals surface area contributed by atoms with E-state index < -0.39 is 0 Å². The van der Waals surface area contributed by atoms with Gasteiger partial charge in [-0.2, -0.15) is 0 Å². The quantitative estimate of drug-likeness (QED) is 0.772. The summed E-state index contributed by atoms with van der Waals surface area (Å²) < 4.78 is 0. The molecular weight excluding hydrogens is 207 g/mol. The van der Waals surface area contributed by atoms with Crippen molar-refractivity contribution < 1.29 is 0 Å². The zero-order chi connectivity index (χ0) is 9.26. The number of nitrogens with zero attached hydrogens (tertiary/aromatic N) is 1. The molecule has 2 nitrogen and oxygen atoms in total. The van der Waals surface area contributed by atoms with Crippen LogP contribution in [0.4, 0.5) is 0 Å². The fraction of sp³-hybridized carbons (Fsp3) is 0. The molecule has 0 aliphatic rings. The van der Waals surface area contributed by atoms with Crippen LogP contribution in [-0.2, 0) is 0 Å². The third-order valence-electron chi connectivity index (χ3n) is 1.71. The summed E-state index contributed by atoms with van der Waals surface area (Å²) >= 11 is 11.6. The fourth-order valence-electron chi connectivity index (χ4n) is 1.11. The van der Waals surface area contributed by atoms with Gasteiger partial charge in [0.25, 0.3) is 0 Å². The Balaban J connectivity index is 2.52. The molecule has 1 aromatic carbocycles. The zero-order valence-corrected chi connectivity index (χ0v) is 8.10. The molecule has 0 atom stereocenters. The number of halogens is 2. The number of rotatable bonds is 1. The predicted molar refractivity (Wildman–Crippen MR) is 54.0 cm³/mol. The van der Waals surface area contributed by atoms with Crippen LogP contribution < -0.4 is 0 Å². The minimum atomic E-state index is 0.370. The maximum Gasteiger partial charge on any atom is 0.200 e. The molecule has 1 aromatic heterocycles. The van der Waals surface area contributed by atoms with E-state index in [2.05, 4.69) is 9.97 Å². The molecule has 2 aromatic rings. The van der Waals surface area contributed by atoms with Gasteiger partial charge in [0.1, 0.15) is 0 Å². The largest absolute Gasteiger partial charge is 0.329 e. The molecule has 0 saturated carbocycles. The lowest BCUT2D eigenvalue weighted by atomic mass is 10.2. The Kier molecular flexibility index (Phi) is 2.25. The molecule has 0 fully saturated rings. The maximum atomic E-state index is 5.98. The molecule has 13 heavy (non-hydrogen) atoms. The van der Waals surface area contributed by atoms with Gasteiger partial charge in [0, 0.05) is 10.6 Å². The zero-order valence-electron chi connectivity index (χ0n) is 6.59. The van der Waals surface area contributed by atoms with Crippen LogP contribution in [0.15, 0.2) is 30.5 Å². The number of aromatic amines is 1. The molecule has 1 N–H and O–H groups in total. The van der Waals surface area contributed by atoms with Gasteiger partial charge in [0.2, 0.25) is 0 Å². The molecule has 0 aliphatic carbocycles. The molecule has 4 heteroatoms. The number of hydrogen-bond acceptors (Lipinski definition) is 1. The van der Waals surface area contributed by atoms with Crippen molar-refractivity contribution in [3.05, 3.63) is 40.8 Å². The van der Waals surface area contributed by atoms with E-state index in [1.165, 1.54) is 0 Å². The van der Waals surface area contributed by atoms with Crippen LogP contribution in [0.1, 0.15) is 0 Å². The summed E-state index contributed by atoms with van der Waals surface area (Å²) in [5.41, 5.74) is 1.74. The van der Waals surface area contributed by atoms with Crippen LogP contribution in [0.3, 0.4) is 0 Å². The second kappa shape index (κ2) is 3.40. The molecule has 0 amide bonds. The van der Waals surface area contributed by atoms with Crippen LogP contribution in [0, 0.1) is 0 Å². The van der Waals surface area contributed by atoms with E-state index in [9.17, 15) is 0 Å². The average Bonchev–Trinajstić information content (AvgIpc) is 2.53. The average molecular weight is 213 g/mol. The highest BCUT2D eigenvalue weighted by atomic mass is 35.5. The highest BCUT2D eigenvalue weighted by molar-refractivity contribution is 6.33. The van der Waals surface area contributed by atoms with Gasteiger partial charge in [-0.15, -0.1) is 0 Å². The Morgan fingerprint density at radius 1 is 1.15 bits per heavy atom. The molecule has 0 saturated heterocycles. The summed E-state index contributed by atoms with van der Waals surface area (Å²) in [4.78, 5) is 6.79. The van der Waals surface area contributed by atoms with Gasteiger partial charge in [0.05, 0.1) is 11.9 Å². The summed E-state index contributed by atoms with van der Waals surface area (Å²) in [5.74, 6) is 0. The van der Waals surface area contributed by atoms with Crippen molar-refractivity contribution in [2.45, 2.75) is 0 Å². The predicted octanol–water partition coefficient (Wildman–Crippen LogP) is 3.38. The van der Waals surface area contributed by atoms with Gasteiger partial charge in [-0.05, 0) is 17.7 Å². The summed E-state index contributed by atoms with van der Waals surface area (Å²) in [6.07, 6.45) is 1.66. The normalized spacial score (nSPS) is 10.3. The van der Waals surface area contributed by atoms with Crippen molar-refractivity contribution in [1.82, 2.24) is 9.97 Å². The van der Waals surface area contributed by atoms with Crippen molar-refractivity contribution >= 4 is 23.2 Å². The standard InChI is InChI=1S/C9H6Cl2N2/c10-7-4-2-1-3-6(7)8-5-12-9(11)13-8/h1-5H,(H,12,13). The van der Waals surface area contributed by atoms with Crippen molar-refractivity contribution in [1.29, 1.82) is 0 Å². The van der Waals surface area contributed by atoms with Crippen molar-refractivity contribution in [2.75, 3.05) is 0 Å². The van der Waals surface area contributed by atoms with E-state index in [4.69, 9.17) is 23.2 Å². The van der Waals surface area contributed by atoms with E-state index in [-0.39, 0.29) is 0 Å². The van der Waals surface area contributed by atoms with Crippen molar-refractivity contribution in [3.8, 4) is 11.3 Å². The van der Waals surface area contributed by atoms with E-state index in [0.717, 1.165) is 11.3 Å². The van der Waals surface area contributed by atoms with Crippen LogP contribution in [-0.4, -0.2) is 9.97 Å². The number of imidazole rings is 1. The molecule has 0 unspecified atom stereocenters. The van der Waals surface area contributed by atoms with E-state index in [1.807, 2.05) is 24.3 Å². The van der Waals surface area contributed by atoms with Crippen LogP contribution in [0.5, 0.6) is 0 Å². The lowest BCUT2D eigenvalue weighted by molar-refractivity contribution is 1.31. The van der Waals surface area contributed by atoms with Gasteiger partial charge in [-0.1, -0.05) is 29.8 Å². The van der Waals surface area contributed by atoms with Gasteiger partial charge >= 0.3 is 0 Å². The van der Waals surface area contributed by atoms with Gasteiger partial charge in [-0.25, -0.2) is 4.98 Å². The Labute approximate surface area is 85.5 Å². The molecule has 66 valence electrons. The van der Waals surface area contributed by atoms with Gasteiger partial charge in [-0.3, -0.25) is 0 Å². The van der Waals surface area contributed by atoms with Gasteiger partial charge < -0.3 is 4.98 Å². The van der Waals surface area contributed by atoms with Gasteiger partial charge in [0.15, 0.2) is 5.28 Å². The lowest BCUT2D eigenvalue weighted by Gasteiger charge is -1.98. The van der Waals surface area contributed by atoms with Crippen molar-refractivity contribution in [3.63, 3.8) is 0 Å². The minimum absolute atomic E-state index is 0.370. The first-order valence-corrected chi connectivity index (χ1v) is 4.48. The topological polar surface area (TPSA) is 28.7 Å². The second-order valence-electron chi connectivity index (χ2n) is 2.57. The Morgan fingerprint density at radius 3 is 2.54 bits per heavy atom. The SMILES string of the molecule is Clc1ncc(-c2ccccc2Cl)[nH]1. The lowest BCUT2D eigenvalue weighted by Crippen LogP contribution is -1.77. The number of aromatic nitrogens is 2. The maximum absolute atomic E-state index is 5.98. The number of nitrogens with one attached hydrogen (secondary N) is 1. The van der Waals surface area contributed by atoms with Crippen LogP contribution >= 0.6 is 23.2 Å². The summed E-state index contributed by atoms with van der Waals surface area (Å²) in [7, 11) is 0. The molecule has 0 bridgehead atoms. The number of H-pyrrole nitrogens is 1. The molecule has 0 spiro atoms. The van der Waals surface area contributed by atoms with Crippen molar-refractivity contribution in [2.24, 2.45) is 0 Å².